The second kappa shape index (κ2) is 3.72. The fourth-order valence-electron chi connectivity index (χ4n) is 1.76. The summed E-state index contributed by atoms with van der Waals surface area (Å²) in [6, 6.07) is 1.70. The van der Waals surface area contributed by atoms with Gasteiger partial charge in [-0.2, -0.15) is 0 Å². The van der Waals surface area contributed by atoms with Gasteiger partial charge in [0.25, 0.3) is 0 Å². The Kier molecular flexibility index (Phi) is 2.31. The fourth-order valence-corrected chi connectivity index (χ4v) is 2.10. The second-order valence-corrected chi connectivity index (χ2v) is 4.33. The van der Waals surface area contributed by atoms with Gasteiger partial charge in [-0.05, 0) is 17.7 Å². The molecule has 0 aliphatic carbocycles. The molecule has 0 fully saturated rings. The van der Waals surface area contributed by atoms with Gasteiger partial charge in [0, 0.05) is 17.5 Å². The summed E-state index contributed by atoms with van der Waals surface area (Å²) in [5.74, 6) is 0. The lowest BCUT2D eigenvalue weighted by molar-refractivity contribution is 0.246. The predicted molar refractivity (Wildman–Crippen MR) is 63.1 cm³/mol. The highest BCUT2D eigenvalue weighted by molar-refractivity contribution is 6.33. The minimum Gasteiger partial charge on any atom is -0.332 e. The summed E-state index contributed by atoms with van der Waals surface area (Å²) in [7, 11) is 0. The molecule has 0 unspecified atom stereocenters. The zero-order valence-electron chi connectivity index (χ0n) is 8.44. The molecular formula is C10H6Cl2N4O. The van der Waals surface area contributed by atoms with Crippen molar-refractivity contribution in [2.75, 3.05) is 0 Å². The lowest BCUT2D eigenvalue weighted by Gasteiger charge is -2.00. The average Bonchev–Trinajstić information content (AvgIpc) is 2.85. The van der Waals surface area contributed by atoms with Crippen molar-refractivity contribution in [3.05, 3.63) is 34.5 Å². The van der Waals surface area contributed by atoms with Crippen molar-refractivity contribution in [2.24, 2.45) is 0 Å². The Labute approximate surface area is 106 Å². The van der Waals surface area contributed by atoms with E-state index in [4.69, 9.17) is 23.2 Å². The lowest BCUT2D eigenvalue weighted by atomic mass is 10.2. The van der Waals surface area contributed by atoms with E-state index in [0.29, 0.717) is 17.3 Å². The van der Waals surface area contributed by atoms with Crippen molar-refractivity contribution in [2.45, 2.75) is 6.54 Å². The third-order valence-electron chi connectivity index (χ3n) is 2.53. The van der Waals surface area contributed by atoms with Crippen LogP contribution in [-0.2, 0) is 6.54 Å². The summed E-state index contributed by atoms with van der Waals surface area (Å²) in [4.78, 5) is 19.3. The summed E-state index contributed by atoms with van der Waals surface area (Å²) >= 11 is 11.7. The Morgan fingerprint density at radius 2 is 2.24 bits per heavy atom. The largest absolute Gasteiger partial charge is 0.332 e. The highest BCUT2D eigenvalue weighted by Gasteiger charge is 2.20. The molecule has 3 rings (SSSR count). The summed E-state index contributed by atoms with van der Waals surface area (Å²) in [5.41, 5.74) is 2.15. The van der Waals surface area contributed by atoms with Gasteiger partial charge in [-0.1, -0.05) is 11.6 Å². The topological polar surface area (TPSA) is 59.8 Å². The third-order valence-corrected chi connectivity index (χ3v) is 2.99. The summed E-state index contributed by atoms with van der Waals surface area (Å²) in [6.45, 7) is 0.509. The number of hydrogen-bond donors (Lipinski definition) is 1. The number of carbonyl (C=O) groups is 1. The molecule has 2 aromatic rings. The van der Waals surface area contributed by atoms with Gasteiger partial charge in [0.05, 0.1) is 23.5 Å². The standard InChI is InChI=1S/C10H6Cl2N4O/c11-7-3-13-9(12)15-8(7)5-1-6-2-14-10(17)16(6)4-5/h1,3-4H,2H2,(H,14,17). The number of hydrogen-bond acceptors (Lipinski definition) is 3. The molecule has 0 aromatic carbocycles. The van der Waals surface area contributed by atoms with E-state index in [1.165, 1.54) is 10.8 Å². The quantitative estimate of drug-likeness (QED) is 0.808. The smallest absolute Gasteiger partial charge is 0.326 e. The first-order valence-corrected chi connectivity index (χ1v) is 5.58. The van der Waals surface area contributed by atoms with E-state index in [9.17, 15) is 4.79 Å². The highest BCUT2D eigenvalue weighted by Crippen LogP contribution is 2.28. The maximum Gasteiger partial charge on any atom is 0.326 e. The lowest BCUT2D eigenvalue weighted by Crippen LogP contribution is -2.16. The van der Waals surface area contributed by atoms with Crippen LogP contribution in [0.4, 0.5) is 4.79 Å². The van der Waals surface area contributed by atoms with Gasteiger partial charge in [-0.25, -0.2) is 14.8 Å². The molecule has 7 heteroatoms. The first-order chi connectivity index (χ1) is 8.15. The number of nitrogens with zero attached hydrogens (tertiary/aromatic N) is 3. The van der Waals surface area contributed by atoms with Crippen molar-refractivity contribution in [1.82, 2.24) is 19.9 Å². The van der Waals surface area contributed by atoms with Crippen molar-refractivity contribution >= 4 is 29.2 Å². The molecule has 0 spiro atoms. The van der Waals surface area contributed by atoms with Crippen LogP contribution in [0, 0.1) is 0 Å². The zero-order valence-corrected chi connectivity index (χ0v) is 9.96. The van der Waals surface area contributed by atoms with Gasteiger partial charge in [0.1, 0.15) is 0 Å². The first-order valence-electron chi connectivity index (χ1n) is 4.83. The van der Waals surface area contributed by atoms with Crippen LogP contribution in [0.1, 0.15) is 5.69 Å². The van der Waals surface area contributed by atoms with Crippen molar-refractivity contribution in [1.29, 1.82) is 0 Å². The number of aromatic nitrogens is 3. The Hall–Kier alpha value is -1.59. The van der Waals surface area contributed by atoms with Crippen LogP contribution in [0.5, 0.6) is 0 Å². The van der Waals surface area contributed by atoms with Gasteiger partial charge in [-0.15, -0.1) is 0 Å². The molecule has 2 aromatic heterocycles. The van der Waals surface area contributed by atoms with Crippen molar-refractivity contribution in [3.63, 3.8) is 0 Å². The summed E-state index contributed by atoms with van der Waals surface area (Å²) in [6.07, 6.45) is 3.12. The highest BCUT2D eigenvalue weighted by atomic mass is 35.5. The van der Waals surface area contributed by atoms with Crippen LogP contribution in [-0.4, -0.2) is 20.6 Å². The molecule has 0 radical (unpaired) electrons. The molecule has 0 atom stereocenters. The Morgan fingerprint density at radius 3 is 3.00 bits per heavy atom. The van der Waals surface area contributed by atoms with Crippen molar-refractivity contribution in [3.8, 4) is 11.3 Å². The predicted octanol–water partition coefficient (Wildman–Crippen LogP) is 2.32. The van der Waals surface area contributed by atoms with Crippen LogP contribution in [0.25, 0.3) is 11.3 Å². The zero-order chi connectivity index (χ0) is 12.0. The van der Waals surface area contributed by atoms with E-state index in [-0.39, 0.29) is 11.3 Å². The number of rotatable bonds is 1. The second-order valence-electron chi connectivity index (χ2n) is 3.58. The van der Waals surface area contributed by atoms with Crippen LogP contribution in [0.2, 0.25) is 10.3 Å². The average molecular weight is 269 g/mol. The van der Waals surface area contributed by atoms with Crippen molar-refractivity contribution < 1.29 is 4.79 Å². The minimum absolute atomic E-state index is 0.125. The molecule has 0 bridgehead atoms. The van der Waals surface area contributed by atoms with Gasteiger partial charge in [0.15, 0.2) is 0 Å². The van der Waals surface area contributed by atoms with Gasteiger partial charge >= 0.3 is 6.03 Å². The maximum absolute atomic E-state index is 11.4. The molecule has 0 saturated carbocycles. The van der Waals surface area contributed by atoms with E-state index in [0.717, 1.165) is 11.3 Å². The van der Waals surface area contributed by atoms with Gasteiger partial charge in [0.2, 0.25) is 5.28 Å². The van der Waals surface area contributed by atoms with E-state index in [1.54, 1.807) is 6.20 Å². The SMILES string of the molecule is O=C1NCc2cc(-c3nc(Cl)ncc3Cl)cn21. The maximum atomic E-state index is 11.4. The van der Waals surface area contributed by atoms with Gasteiger partial charge < -0.3 is 5.32 Å². The first kappa shape index (κ1) is 10.6. The molecule has 0 saturated heterocycles. The Balaban J connectivity index is 2.13. The Morgan fingerprint density at radius 1 is 1.41 bits per heavy atom. The van der Waals surface area contributed by atoms with E-state index in [1.807, 2.05) is 6.07 Å². The summed E-state index contributed by atoms with van der Waals surface area (Å²) < 4.78 is 1.53. The van der Waals surface area contributed by atoms with Crippen LogP contribution in [0.3, 0.4) is 0 Å². The third kappa shape index (κ3) is 1.67. The number of nitrogens with one attached hydrogen (secondary N) is 1. The molecule has 1 N–H and O–H groups in total. The molecular weight excluding hydrogens is 263 g/mol. The number of carbonyl (C=O) groups excluding carboxylic acids is 1. The van der Waals surface area contributed by atoms with E-state index >= 15 is 0 Å². The molecule has 1 aliphatic rings. The minimum atomic E-state index is -0.150. The number of halogens is 2. The van der Waals surface area contributed by atoms with Crippen LogP contribution in [0.15, 0.2) is 18.5 Å². The fraction of sp³-hybridized carbons (Fsp3) is 0.100. The Bertz CT molecular complexity index is 623. The molecule has 17 heavy (non-hydrogen) atoms. The van der Waals surface area contributed by atoms with Gasteiger partial charge in [-0.3, -0.25) is 4.57 Å². The summed E-state index contributed by atoms with van der Waals surface area (Å²) in [5, 5.41) is 3.23. The van der Waals surface area contributed by atoms with E-state index in [2.05, 4.69) is 15.3 Å². The molecule has 1 amide bonds. The molecule has 5 nitrogen and oxygen atoms in total. The monoisotopic (exact) mass is 268 g/mol. The van der Waals surface area contributed by atoms with Crippen LogP contribution >= 0.6 is 23.2 Å². The van der Waals surface area contributed by atoms with E-state index < -0.39 is 0 Å². The normalized spacial score (nSPS) is 13.6. The molecule has 3 heterocycles. The van der Waals surface area contributed by atoms with Crippen LogP contribution < -0.4 is 5.32 Å². The number of fused-ring (bicyclic) bond motifs is 1. The number of amides is 1. The molecule has 86 valence electrons. The molecule has 1 aliphatic heterocycles.